The molecule has 0 saturated heterocycles. The van der Waals surface area contributed by atoms with Gasteiger partial charge in [0.25, 0.3) is 0 Å². The molecule has 6 heteroatoms. The summed E-state index contributed by atoms with van der Waals surface area (Å²) in [5, 5.41) is 0. The van der Waals surface area contributed by atoms with Crippen LogP contribution in [0, 0.1) is 6.92 Å². The molecule has 0 aliphatic heterocycles. The van der Waals surface area contributed by atoms with Crippen LogP contribution in [-0.4, -0.2) is 17.5 Å². The second-order valence-corrected chi connectivity index (χ2v) is 3.32. The lowest BCUT2D eigenvalue weighted by molar-refractivity contribution is -0.671. The van der Waals surface area contributed by atoms with E-state index in [1.165, 1.54) is 5.56 Å². The number of nitrogens with zero attached hydrogens (tertiary/aromatic N) is 1. The van der Waals surface area contributed by atoms with E-state index in [2.05, 4.69) is 19.1 Å². The highest BCUT2D eigenvalue weighted by atomic mass is 32.3. The molecule has 0 spiro atoms. The maximum Gasteiger partial charge on any atom is 0.215 e. The lowest BCUT2D eigenvalue weighted by Gasteiger charge is -1.88. The van der Waals surface area contributed by atoms with E-state index in [4.69, 9.17) is 17.5 Å². The molecule has 0 aliphatic carbocycles. The molecule has 0 fully saturated rings. The number of hydrogen-bond donors (Lipinski definition) is 1. The molecule has 0 atom stereocenters. The van der Waals surface area contributed by atoms with Gasteiger partial charge in [-0.1, -0.05) is 0 Å². The summed E-state index contributed by atoms with van der Waals surface area (Å²) in [6.07, 6.45) is 4.07. The average molecular weight is 205 g/mol. The first-order valence-electron chi connectivity index (χ1n) is 3.39. The highest BCUT2D eigenvalue weighted by Gasteiger charge is 1.85. The first-order valence-corrected chi connectivity index (χ1v) is 4.76. The van der Waals surface area contributed by atoms with Crippen molar-refractivity contribution >= 4 is 10.4 Å². The Morgan fingerprint density at radius 2 is 1.69 bits per heavy atom. The molecule has 0 saturated carbocycles. The van der Waals surface area contributed by atoms with Crippen LogP contribution in [0.4, 0.5) is 0 Å². The van der Waals surface area contributed by atoms with Gasteiger partial charge in [0.1, 0.15) is 7.05 Å². The number of aryl methyl sites for hydroxylation is 2. The molecule has 0 unspecified atom stereocenters. The molecule has 0 aliphatic rings. The van der Waals surface area contributed by atoms with Gasteiger partial charge in [-0.2, -0.15) is 0 Å². The third-order valence-electron chi connectivity index (χ3n) is 1.15. The fraction of sp³-hybridized carbons (Fsp3) is 0.286. The second-order valence-electron chi connectivity index (χ2n) is 2.47. The zero-order valence-corrected chi connectivity index (χ0v) is 8.15. The SMILES string of the molecule is Cc1cc[n+](C)cc1.O=S(=O)([O-])O. The number of hydrogen-bond acceptors (Lipinski definition) is 3. The van der Waals surface area contributed by atoms with E-state index in [0.717, 1.165) is 0 Å². The molecule has 5 nitrogen and oxygen atoms in total. The standard InChI is InChI=1S/C7H10N.H2O4S/c1-7-3-5-8(2)6-4-7;1-5(2,3)4/h3-6H,1-2H3;(H2,1,2,3,4)/q+1;/p-1. The maximum atomic E-state index is 8.63. The number of aromatic nitrogens is 1. The summed E-state index contributed by atoms with van der Waals surface area (Å²) < 4.78 is 34.9. The third-order valence-corrected chi connectivity index (χ3v) is 1.15. The van der Waals surface area contributed by atoms with Gasteiger partial charge in [-0.3, -0.25) is 4.55 Å². The van der Waals surface area contributed by atoms with Crippen molar-refractivity contribution in [2.24, 2.45) is 7.05 Å². The monoisotopic (exact) mass is 205 g/mol. The minimum Gasteiger partial charge on any atom is -0.726 e. The molecule has 0 radical (unpaired) electrons. The topological polar surface area (TPSA) is 81.3 Å². The van der Waals surface area contributed by atoms with E-state index >= 15 is 0 Å². The summed E-state index contributed by atoms with van der Waals surface area (Å²) >= 11 is 0. The van der Waals surface area contributed by atoms with Crippen LogP contribution in [0.2, 0.25) is 0 Å². The smallest absolute Gasteiger partial charge is 0.215 e. The minimum absolute atomic E-state index is 1.31. The molecular weight excluding hydrogens is 194 g/mol. The largest absolute Gasteiger partial charge is 0.726 e. The maximum absolute atomic E-state index is 8.63. The van der Waals surface area contributed by atoms with Crippen LogP contribution < -0.4 is 4.57 Å². The van der Waals surface area contributed by atoms with Crippen LogP contribution in [-0.2, 0) is 17.4 Å². The van der Waals surface area contributed by atoms with Crippen molar-refractivity contribution in [1.29, 1.82) is 0 Å². The molecule has 1 aromatic rings. The summed E-state index contributed by atoms with van der Waals surface area (Å²) in [6.45, 7) is 2.08. The van der Waals surface area contributed by atoms with Crippen LogP contribution >= 0.6 is 0 Å². The van der Waals surface area contributed by atoms with Gasteiger partial charge in [0.05, 0.1) is 0 Å². The van der Waals surface area contributed by atoms with Crippen molar-refractivity contribution in [3.05, 3.63) is 30.1 Å². The predicted molar refractivity (Wildman–Crippen MR) is 44.7 cm³/mol. The fourth-order valence-electron chi connectivity index (χ4n) is 0.576. The van der Waals surface area contributed by atoms with Crippen LogP contribution in [0.1, 0.15) is 5.56 Å². The van der Waals surface area contributed by atoms with Crippen LogP contribution in [0.3, 0.4) is 0 Å². The van der Waals surface area contributed by atoms with Crippen LogP contribution in [0.5, 0.6) is 0 Å². The van der Waals surface area contributed by atoms with Crippen LogP contribution in [0.25, 0.3) is 0 Å². The highest BCUT2D eigenvalue weighted by Crippen LogP contribution is 1.87. The van der Waals surface area contributed by atoms with Crippen LogP contribution in [0.15, 0.2) is 24.5 Å². The van der Waals surface area contributed by atoms with Crippen molar-refractivity contribution in [2.45, 2.75) is 6.92 Å². The zero-order chi connectivity index (χ0) is 10.5. The van der Waals surface area contributed by atoms with Crippen molar-refractivity contribution in [3.63, 3.8) is 0 Å². The molecule has 0 aromatic carbocycles. The predicted octanol–water partition coefficient (Wildman–Crippen LogP) is -0.176. The Kier molecular flexibility index (Phi) is 4.53. The van der Waals surface area contributed by atoms with E-state index in [-0.39, 0.29) is 0 Å². The summed E-state index contributed by atoms with van der Waals surface area (Å²) in [5.74, 6) is 0. The van der Waals surface area contributed by atoms with Crippen molar-refractivity contribution in [3.8, 4) is 0 Å². The normalized spacial score (nSPS) is 10.2. The van der Waals surface area contributed by atoms with Gasteiger partial charge in [-0.25, -0.2) is 13.0 Å². The molecule has 0 bridgehead atoms. The summed E-state index contributed by atoms with van der Waals surface area (Å²) in [7, 11) is -2.90. The quantitative estimate of drug-likeness (QED) is 0.362. The van der Waals surface area contributed by atoms with Gasteiger partial charge in [0.2, 0.25) is 10.4 Å². The Morgan fingerprint density at radius 1 is 1.38 bits per heavy atom. The average Bonchev–Trinajstić information content (AvgIpc) is 1.92. The van der Waals surface area contributed by atoms with Gasteiger partial charge in [0, 0.05) is 12.1 Å². The zero-order valence-electron chi connectivity index (χ0n) is 7.34. The van der Waals surface area contributed by atoms with Gasteiger partial charge >= 0.3 is 0 Å². The Morgan fingerprint density at radius 3 is 1.92 bits per heavy atom. The third kappa shape index (κ3) is 11.0. The van der Waals surface area contributed by atoms with E-state index < -0.39 is 10.4 Å². The molecule has 1 N–H and O–H groups in total. The molecule has 0 amide bonds. The summed E-state index contributed by atoms with van der Waals surface area (Å²) in [4.78, 5) is 0. The van der Waals surface area contributed by atoms with Gasteiger partial charge in [0.15, 0.2) is 12.4 Å². The molecule has 1 rings (SSSR count). The summed E-state index contributed by atoms with van der Waals surface area (Å²) in [6, 6.07) is 4.17. The van der Waals surface area contributed by atoms with Crippen molar-refractivity contribution in [1.82, 2.24) is 0 Å². The molecule has 74 valence electrons. The van der Waals surface area contributed by atoms with Gasteiger partial charge in [-0.15, -0.1) is 0 Å². The lowest BCUT2D eigenvalue weighted by atomic mass is 10.3. The Labute approximate surface area is 77.2 Å². The van der Waals surface area contributed by atoms with E-state index in [9.17, 15) is 0 Å². The van der Waals surface area contributed by atoms with E-state index in [1.807, 2.05) is 24.0 Å². The van der Waals surface area contributed by atoms with E-state index in [0.29, 0.717) is 0 Å². The first kappa shape index (κ1) is 12.0. The van der Waals surface area contributed by atoms with Gasteiger partial charge in [-0.05, 0) is 12.5 Å². The molecule has 13 heavy (non-hydrogen) atoms. The Balaban J connectivity index is 0.000000252. The number of rotatable bonds is 0. The Bertz CT molecular complexity index is 314. The van der Waals surface area contributed by atoms with Gasteiger partial charge < -0.3 is 4.55 Å². The lowest BCUT2D eigenvalue weighted by Crippen LogP contribution is -2.25. The van der Waals surface area contributed by atoms with Crippen molar-refractivity contribution in [2.75, 3.05) is 0 Å². The minimum atomic E-state index is -4.92. The Hall–Kier alpha value is -0.980. The van der Waals surface area contributed by atoms with E-state index in [1.54, 1.807) is 0 Å². The van der Waals surface area contributed by atoms with Crippen molar-refractivity contribution < 1.29 is 22.1 Å². The fourth-order valence-corrected chi connectivity index (χ4v) is 0.576. The second kappa shape index (κ2) is 4.90. The molecule has 1 aromatic heterocycles. The molecule has 1 heterocycles. The summed E-state index contributed by atoms with van der Waals surface area (Å²) in [5.41, 5.74) is 1.31. The molecular formula is C7H11NO4S. The number of pyridine rings is 1. The highest BCUT2D eigenvalue weighted by molar-refractivity contribution is 7.79. The first-order chi connectivity index (χ1) is 5.79.